The lowest BCUT2D eigenvalue weighted by Crippen LogP contribution is -2.45. The molecule has 0 aromatic heterocycles. The third-order valence-electron chi connectivity index (χ3n) is 7.89. The van der Waals surface area contributed by atoms with Crippen LogP contribution in [0.15, 0.2) is 66.7 Å². The number of hydrogen-bond donors (Lipinski definition) is 0. The second kappa shape index (κ2) is 9.38. The Balaban J connectivity index is 1.33. The number of anilines is 1. The minimum absolute atomic E-state index is 0.0580. The first-order chi connectivity index (χ1) is 17.6. The molecule has 37 heavy (non-hydrogen) atoms. The summed E-state index contributed by atoms with van der Waals surface area (Å²) in [5.74, 6) is -0.523. The van der Waals surface area contributed by atoms with E-state index < -0.39 is 4.92 Å². The number of nitro groups is 1. The van der Waals surface area contributed by atoms with E-state index in [2.05, 4.69) is 49.9 Å². The Kier molecular flexibility index (Phi) is 6.36. The summed E-state index contributed by atoms with van der Waals surface area (Å²) >= 11 is 0. The number of carbonyl (C=O) groups excluding carboxylic acids is 1. The Bertz CT molecular complexity index is 1320. The molecule has 2 aliphatic rings. The summed E-state index contributed by atoms with van der Waals surface area (Å²) < 4.78 is 14.4. The molecule has 0 saturated carbocycles. The molecule has 5 rings (SSSR count). The number of benzene rings is 3. The average Bonchev–Trinajstić information content (AvgIpc) is 3.18. The molecular weight excluding hydrogens is 469 g/mol. The van der Waals surface area contributed by atoms with Gasteiger partial charge < -0.3 is 4.90 Å². The maximum atomic E-state index is 14.4. The molecule has 2 aliphatic heterocycles. The number of fused-ring (bicyclic) bond motifs is 2. The van der Waals surface area contributed by atoms with Crippen LogP contribution < -0.4 is 4.90 Å². The zero-order valence-electron chi connectivity index (χ0n) is 21.5. The van der Waals surface area contributed by atoms with Crippen LogP contribution in [-0.2, 0) is 17.4 Å². The van der Waals surface area contributed by atoms with Crippen molar-refractivity contribution in [3.05, 3.63) is 105 Å². The zero-order valence-corrected chi connectivity index (χ0v) is 21.5. The molecule has 0 N–H and O–H groups in total. The second-order valence-corrected chi connectivity index (χ2v) is 11.4. The van der Waals surface area contributed by atoms with E-state index in [0.29, 0.717) is 12.1 Å². The minimum atomic E-state index is -0.482. The van der Waals surface area contributed by atoms with Gasteiger partial charge in [-0.3, -0.25) is 19.8 Å². The van der Waals surface area contributed by atoms with Crippen molar-refractivity contribution >= 4 is 17.3 Å². The number of amides is 1. The molecular formula is C30H32FN3O3. The number of rotatable bonds is 4. The SMILES string of the molecule is CC(C)(C)c1ccc(CN2CCC3(CC2)CN(C(=O)c2ccc([N+](=O)[O-])cc2)c2ccc(F)cc23)cc1. The molecule has 0 unspecified atom stereocenters. The Morgan fingerprint density at radius 3 is 2.24 bits per heavy atom. The van der Waals surface area contributed by atoms with Crippen molar-refractivity contribution in [2.75, 3.05) is 24.5 Å². The van der Waals surface area contributed by atoms with Crippen molar-refractivity contribution in [1.29, 1.82) is 0 Å². The van der Waals surface area contributed by atoms with Gasteiger partial charge in [0.05, 0.1) is 4.92 Å². The van der Waals surface area contributed by atoms with Crippen molar-refractivity contribution in [3.63, 3.8) is 0 Å². The van der Waals surface area contributed by atoms with E-state index in [1.54, 1.807) is 17.0 Å². The number of likely N-dealkylation sites (tertiary alicyclic amines) is 1. The first-order valence-electron chi connectivity index (χ1n) is 12.7. The summed E-state index contributed by atoms with van der Waals surface area (Å²) in [7, 11) is 0. The van der Waals surface area contributed by atoms with Crippen LogP contribution >= 0.6 is 0 Å². The molecule has 3 aromatic carbocycles. The van der Waals surface area contributed by atoms with Crippen LogP contribution in [0.1, 0.15) is 60.7 Å². The Hall–Kier alpha value is -3.58. The number of hydrogen-bond acceptors (Lipinski definition) is 4. The monoisotopic (exact) mass is 501 g/mol. The highest BCUT2D eigenvalue weighted by Gasteiger charge is 2.46. The quantitative estimate of drug-likeness (QED) is 0.314. The molecule has 0 atom stereocenters. The molecule has 1 fully saturated rings. The molecule has 2 heterocycles. The fraction of sp³-hybridized carbons (Fsp3) is 0.367. The van der Waals surface area contributed by atoms with Gasteiger partial charge in [0.1, 0.15) is 5.82 Å². The van der Waals surface area contributed by atoms with Gasteiger partial charge in [0, 0.05) is 41.9 Å². The predicted octanol–water partition coefficient (Wildman–Crippen LogP) is 6.23. The first-order valence-corrected chi connectivity index (χ1v) is 12.7. The Morgan fingerprint density at radius 2 is 1.65 bits per heavy atom. The molecule has 1 amide bonds. The van der Waals surface area contributed by atoms with Crippen molar-refractivity contribution in [2.24, 2.45) is 0 Å². The molecule has 1 spiro atoms. The molecule has 6 nitrogen and oxygen atoms in total. The van der Waals surface area contributed by atoms with Crippen LogP contribution in [0.5, 0.6) is 0 Å². The first kappa shape index (κ1) is 25.1. The topological polar surface area (TPSA) is 66.7 Å². The number of carbonyl (C=O) groups is 1. The van der Waals surface area contributed by atoms with E-state index in [-0.39, 0.29) is 28.2 Å². The smallest absolute Gasteiger partial charge is 0.269 e. The Labute approximate surface area is 216 Å². The summed E-state index contributed by atoms with van der Waals surface area (Å²) in [4.78, 5) is 28.1. The Morgan fingerprint density at radius 1 is 1.00 bits per heavy atom. The number of nitro benzene ring substituents is 1. The van der Waals surface area contributed by atoms with Gasteiger partial charge in [-0.2, -0.15) is 0 Å². The van der Waals surface area contributed by atoms with Crippen molar-refractivity contribution in [1.82, 2.24) is 4.90 Å². The summed E-state index contributed by atoms with van der Waals surface area (Å²) in [5.41, 5.74) is 4.35. The molecule has 3 aromatic rings. The van der Waals surface area contributed by atoms with E-state index in [0.717, 1.165) is 43.7 Å². The second-order valence-electron chi connectivity index (χ2n) is 11.4. The standard InChI is InChI=1S/C30H32FN3O3/c1-29(2,3)23-8-4-21(5-9-23)19-32-16-14-30(15-17-32)20-33(27-13-10-24(31)18-26(27)30)28(35)22-6-11-25(12-7-22)34(36)37/h4-13,18H,14-17,19-20H2,1-3H3. The molecule has 192 valence electrons. The third kappa shape index (κ3) is 4.88. The van der Waals surface area contributed by atoms with Gasteiger partial charge in [-0.05, 0) is 78.4 Å². The maximum absolute atomic E-state index is 14.4. The summed E-state index contributed by atoms with van der Waals surface area (Å²) in [6.07, 6.45) is 1.65. The van der Waals surface area contributed by atoms with Crippen LogP contribution in [-0.4, -0.2) is 35.4 Å². The van der Waals surface area contributed by atoms with E-state index in [9.17, 15) is 19.3 Å². The van der Waals surface area contributed by atoms with Crippen molar-refractivity contribution in [2.45, 2.75) is 51.0 Å². The van der Waals surface area contributed by atoms with Gasteiger partial charge in [-0.15, -0.1) is 0 Å². The van der Waals surface area contributed by atoms with Crippen LogP contribution in [0.4, 0.5) is 15.8 Å². The van der Waals surface area contributed by atoms with Gasteiger partial charge in [0.2, 0.25) is 0 Å². The van der Waals surface area contributed by atoms with Gasteiger partial charge in [0.15, 0.2) is 0 Å². The zero-order chi connectivity index (χ0) is 26.4. The molecule has 7 heteroatoms. The number of nitrogens with zero attached hydrogens (tertiary/aromatic N) is 3. The third-order valence-corrected chi connectivity index (χ3v) is 7.89. The van der Waals surface area contributed by atoms with Gasteiger partial charge in [-0.1, -0.05) is 45.0 Å². The molecule has 1 saturated heterocycles. The highest BCUT2D eigenvalue weighted by molar-refractivity contribution is 6.07. The largest absolute Gasteiger partial charge is 0.307 e. The lowest BCUT2D eigenvalue weighted by molar-refractivity contribution is -0.384. The van der Waals surface area contributed by atoms with Crippen LogP contribution in [0, 0.1) is 15.9 Å². The van der Waals surface area contributed by atoms with Crippen molar-refractivity contribution < 1.29 is 14.1 Å². The molecule has 0 bridgehead atoms. The van der Waals surface area contributed by atoms with Crippen LogP contribution in [0.3, 0.4) is 0 Å². The van der Waals surface area contributed by atoms with E-state index in [1.165, 1.54) is 41.5 Å². The highest BCUT2D eigenvalue weighted by Crippen LogP contribution is 2.48. The fourth-order valence-corrected chi connectivity index (χ4v) is 5.64. The summed E-state index contributed by atoms with van der Waals surface area (Å²) in [6.45, 7) is 9.70. The molecule has 0 aliphatic carbocycles. The lowest BCUT2D eigenvalue weighted by atomic mass is 9.74. The number of halogens is 1. The van der Waals surface area contributed by atoms with Gasteiger partial charge in [0.25, 0.3) is 11.6 Å². The van der Waals surface area contributed by atoms with E-state index in [1.807, 2.05) is 0 Å². The van der Waals surface area contributed by atoms with Crippen LogP contribution in [0.25, 0.3) is 0 Å². The summed E-state index contributed by atoms with van der Waals surface area (Å²) in [6, 6.07) is 19.1. The van der Waals surface area contributed by atoms with E-state index >= 15 is 0 Å². The minimum Gasteiger partial charge on any atom is -0.307 e. The average molecular weight is 502 g/mol. The molecule has 0 radical (unpaired) electrons. The summed E-state index contributed by atoms with van der Waals surface area (Å²) in [5, 5.41) is 11.0. The maximum Gasteiger partial charge on any atom is 0.269 e. The highest BCUT2D eigenvalue weighted by atomic mass is 19.1. The normalized spacial score (nSPS) is 17.1. The van der Waals surface area contributed by atoms with Crippen molar-refractivity contribution in [3.8, 4) is 0 Å². The van der Waals surface area contributed by atoms with Crippen LogP contribution in [0.2, 0.25) is 0 Å². The van der Waals surface area contributed by atoms with Gasteiger partial charge in [-0.25, -0.2) is 4.39 Å². The predicted molar refractivity (Wildman–Crippen MR) is 143 cm³/mol. The fourth-order valence-electron chi connectivity index (χ4n) is 5.64. The van der Waals surface area contributed by atoms with E-state index in [4.69, 9.17) is 0 Å². The number of piperidine rings is 1. The van der Waals surface area contributed by atoms with Gasteiger partial charge >= 0.3 is 0 Å². The lowest BCUT2D eigenvalue weighted by Gasteiger charge is -2.40. The number of non-ortho nitro benzene ring substituents is 1.